The molecule has 1 heterocycles. The summed E-state index contributed by atoms with van der Waals surface area (Å²) in [6, 6.07) is 25.3. The van der Waals surface area contributed by atoms with Crippen molar-refractivity contribution in [2.75, 3.05) is 47.5 Å². The number of methoxy groups -OCH3 is 2. The number of carboxylic acid groups (broad SMARTS) is 1. The van der Waals surface area contributed by atoms with Gasteiger partial charge in [-0.25, -0.2) is 0 Å². The Balaban J connectivity index is 1.67. The number of carboxylic acids is 1. The molecule has 0 aromatic heterocycles. The Kier molecular flexibility index (Phi) is 13.2. The van der Waals surface area contributed by atoms with Gasteiger partial charge in [-0.15, -0.1) is 0 Å². The highest BCUT2D eigenvalue weighted by atomic mass is 16.6. The third kappa shape index (κ3) is 9.33. The Morgan fingerprint density at radius 2 is 1.38 bits per heavy atom. The van der Waals surface area contributed by atoms with Crippen molar-refractivity contribution in [1.29, 1.82) is 0 Å². The number of carbonyl (C=O) groups is 3. The molecule has 0 spiro atoms. The highest BCUT2D eigenvalue weighted by Gasteiger charge is 2.43. The summed E-state index contributed by atoms with van der Waals surface area (Å²) in [5.74, 6) is -0.623. The maximum absolute atomic E-state index is 13.3. The quantitative estimate of drug-likeness (QED) is 0.111. The lowest BCUT2D eigenvalue weighted by Crippen LogP contribution is -2.37. The van der Waals surface area contributed by atoms with Crippen molar-refractivity contribution in [2.45, 2.75) is 50.2 Å². The summed E-state index contributed by atoms with van der Waals surface area (Å²) in [6.45, 7) is 1.63. The number of rotatable bonds is 18. The van der Waals surface area contributed by atoms with E-state index in [9.17, 15) is 14.4 Å². The molecular weight excluding hydrogens is 600 g/mol. The molecule has 3 aromatic carbocycles. The first-order valence-electron chi connectivity index (χ1n) is 16.1. The molecule has 1 saturated heterocycles. The van der Waals surface area contributed by atoms with Crippen LogP contribution >= 0.6 is 0 Å². The highest BCUT2D eigenvalue weighted by Crippen LogP contribution is 2.42. The van der Waals surface area contributed by atoms with Crippen LogP contribution in [-0.2, 0) is 29.5 Å². The second-order valence-corrected chi connectivity index (χ2v) is 11.7. The molecule has 2 unspecified atom stereocenters. The molecule has 3 aromatic rings. The number of hydrogen-bond donors (Lipinski definition) is 2. The highest BCUT2D eigenvalue weighted by molar-refractivity contribution is 5.78. The molecule has 1 aliphatic heterocycles. The number of amides is 1. The van der Waals surface area contributed by atoms with Crippen LogP contribution in [0.4, 0.5) is 0 Å². The molecule has 252 valence electrons. The van der Waals surface area contributed by atoms with Crippen molar-refractivity contribution in [2.24, 2.45) is 5.92 Å². The number of nitrogens with zero attached hydrogens (tertiary/aromatic N) is 1. The molecule has 1 fully saturated rings. The fraction of sp³-hybridized carbons (Fsp3) is 0.432. The molecule has 0 aliphatic carbocycles. The topological polar surface area (TPSA) is 124 Å². The zero-order valence-electron chi connectivity index (χ0n) is 27.5. The van der Waals surface area contributed by atoms with Crippen molar-refractivity contribution >= 4 is 17.8 Å². The average Bonchev–Trinajstić information content (AvgIpc) is 3.50. The third-order valence-electron chi connectivity index (χ3n) is 8.56. The van der Waals surface area contributed by atoms with Crippen molar-refractivity contribution in [3.05, 3.63) is 95.6 Å². The Hall–Kier alpha value is -4.41. The van der Waals surface area contributed by atoms with Gasteiger partial charge in [0.05, 0.1) is 40.2 Å². The van der Waals surface area contributed by atoms with Crippen molar-refractivity contribution in [3.63, 3.8) is 0 Å². The van der Waals surface area contributed by atoms with Gasteiger partial charge in [0.2, 0.25) is 5.91 Å². The van der Waals surface area contributed by atoms with Crippen molar-refractivity contribution in [3.8, 4) is 11.5 Å². The molecule has 1 aliphatic rings. The van der Waals surface area contributed by atoms with Crippen molar-refractivity contribution < 1.29 is 38.4 Å². The van der Waals surface area contributed by atoms with E-state index >= 15 is 0 Å². The number of aliphatic carboxylic acids is 1. The lowest BCUT2D eigenvalue weighted by atomic mass is 9.80. The molecular formula is C37H46N2O8. The zero-order valence-corrected chi connectivity index (χ0v) is 27.5. The summed E-state index contributed by atoms with van der Waals surface area (Å²) in [5.41, 5.74) is 1.52. The Labute approximate surface area is 277 Å². The van der Waals surface area contributed by atoms with Gasteiger partial charge in [0.15, 0.2) is 0 Å². The summed E-state index contributed by atoms with van der Waals surface area (Å²) in [7, 11) is 5.14. The smallest absolute Gasteiger partial charge is 0.306 e. The predicted octanol–water partition coefficient (Wildman–Crippen LogP) is 5.03. The molecule has 2 atom stereocenters. The number of ether oxygens (including phenoxy) is 4. The maximum atomic E-state index is 13.3. The summed E-state index contributed by atoms with van der Waals surface area (Å²) in [6.07, 6.45) is 1.88. The fourth-order valence-electron chi connectivity index (χ4n) is 5.99. The number of nitrogens with one attached hydrogen (secondary N) is 1. The number of benzene rings is 3. The Morgan fingerprint density at radius 3 is 1.94 bits per heavy atom. The summed E-state index contributed by atoms with van der Waals surface area (Å²) in [5, 5.41) is 12.2. The largest absolute Gasteiger partial charge is 0.497 e. The lowest BCUT2D eigenvalue weighted by Gasteiger charge is -2.37. The number of esters is 1. The third-order valence-corrected chi connectivity index (χ3v) is 8.56. The molecule has 47 heavy (non-hydrogen) atoms. The molecule has 2 N–H and O–H groups in total. The van der Waals surface area contributed by atoms with E-state index in [0.717, 1.165) is 42.5 Å². The van der Waals surface area contributed by atoms with E-state index in [-0.39, 0.29) is 37.8 Å². The van der Waals surface area contributed by atoms with E-state index in [1.807, 2.05) is 85.9 Å². The van der Waals surface area contributed by atoms with Crippen LogP contribution in [0, 0.1) is 5.92 Å². The van der Waals surface area contributed by atoms with Gasteiger partial charge in [-0.1, -0.05) is 61.0 Å². The molecule has 0 bridgehead atoms. The van der Waals surface area contributed by atoms with Crippen LogP contribution in [-0.4, -0.2) is 81.5 Å². The molecule has 0 saturated carbocycles. The number of unbranched alkanes of at least 4 members (excludes halogenated alkanes) is 2. The average molecular weight is 647 g/mol. The van der Waals surface area contributed by atoms with E-state index in [1.165, 1.54) is 0 Å². The summed E-state index contributed by atoms with van der Waals surface area (Å²) < 4.78 is 23.8. The van der Waals surface area contributed by atoms with E-state index in [1.54, 1.807) is 19.1 Å². The van der Waals surface area contributed by atoms with Gasteiger partial charge in [-0.05, 0) is 67.4 Å². The van der Waals surface area contributed by atoms with E-state index < -0.39 is 23.6 Å². The van der Waals surface area contributed by atoms with Gasteiger partial charge >= 0.3 is 11.9 Å². The van der Waals surface area contributed by atoms with Crippen molar-refractivity contribution in [1.82, 2.24) is 10.2 Å². The van der Waals surface area contributed by atoms with Crippen LogP contribution in [0.1, 0.15) is 55.2 Å². The molecule has 0 radical (unpaired) electrons. The molecule has 10 nitrogen and oxygen atoms in total. The minimum absolute atomic E-state index is 0.00294. The molecule has 10 heteroatoms. The fourth-order valence-corrected chi connectivity index (χ4v) is 5.99. The van der Waals surface area contributed by atoms with Gasteiger partial charge in [-0.2, -0.15) is 0 Å². The second-order valence-electron chi connectivity index (χ2n) is 11.7. The lowest BCUT2D eigenvalue weighted by molar-refractivity contribution is -0.154. The van der Waals surface area contributed by atoms with Gasteiger partial charge in [0.25, 0.3) is 0 Å². The number of hydrogen-bond acceptors (Lipinski definition) is 8. The van der Waals surface area contributed by atoms with Crippen LogP contribution < -0.4 is 14.8 Å². The van der Waals surface area contributed by atoms with Gasteiger partial charge < -0.3 is 34.3 Å². The minimum Gasteiger partial charge on any atom is -0.497 e. The molecule has 4 rings (SSSR count). The Bertz CT molecular complexity index is 1380. The van der Waals surface area contributed by atoms with E-state index in [4.69, 9.17) is 24.1 Å². The summed E-state index contributed by atoms with van der Waals surface area (Å²) in [4.78, 5) is 38.9. The van der Waals surface area contributed by atoms with Crippen LogP contribution in [0.3, 0.4) is 0 Å². The van der Waals surface area contributed by atoms with Gasteiger partial charge in [0, 0.05) is 18.9 Å². The first-order valence-corrected chi connectivity index (χ1v) is 16.1. The maximum Gasteiger partial charge on any atom is 0.306 e. The normalized spacial score (nSPS) is 16.1. The number of likely N-dealkylation sites (tertiary alicyclic amines) is 1. The molecule has 1 amide bonds. The van der Waals surface area contributed by atoms with Crippen LogP contribution in [0.5, 0.6) is 11.5 Å². The summed E-state index contributed by atoms with van der Waals surface area (Å²) >= 11 is 0. The first kappa shape index (κ1) is 35.4. The number of carbonyl (C=O) groups excluding carboxylic acids is 2. The van der Waals surface area contributed by atoms with Crippen LogP contribution in [0.15, 0.2) is 78.9 Å². The first-order chi connectivity index (χ1) is 22.8. The monoisotopic (exact) mass is 646 g/mol. The van der Waals surface area contributed by atoms with Gasteiger partial charge in [-0.3, -0.25) is 14.4 Å². The minimum atomic E-state index is -1.08. The predicted molar refractivity (Wildman–Crippen MR) is 177 cm³/mol. The zero-order chi connectivity index (χ0) is 33.6. The van der Waals surface area contributed by atoms with E-state index in [0.29, 0.717) is 24.5 Å². The van der Waals surface area contributed by atoms with Crippen LogP contribution in [0.2, 0.25) is 0 Å². The van der Waals surface area contributed by atoms with Gasteiger partial charge in [0.1, 0.15) is 23.2 Å². The second kappa shape index (κ2) is 17.5. The SMILES string of the molecule is CNCCCCCC(=O)N1CC(COC(c2ccccc2)(c2ccc(OC)cc2)c2ccc(OC)cc2)C(OC(=O)CCC(=O)O)C1. The Morgan fingerprint density at radius 1 is 0.787 bits per heavy atom. The van der Waals surface area contributed by atoms with E-state index in [2.05, 4.69) is 5.32 Å². The standard InChI is InChI=1S/C37H46N2O8/c1-38-23-9-5-8-12-34(40)39-24-27(33(25-39)47-36(43)22-21-35(41)42)26-46-37(28-10-6-4-7-11-28,29-13-17-31(44-2)18-14-29)30-15-19-32(45-3)20-16-30/h4,6-7,10-11,13-20,27,33,38H,5,8-9,12,21-26H2,1-3H3,(H,41,42). The van der Waals surface area contributed by atoms with Crippen LogP contribution in [0.25, 0.3) is 0 Å².